The van der Waals surface area contributed by atoms with Gasteiger partial charge < -0.3 is 0 Å². The van der Waals surface area contributed by atoms with Gasteiger partial charge in [-0.2, -0.15) is 0 Å². The van der Waals surface area contributed by atoms with Gasteiger partial charge in [0.15, 0.2) is 0 Å². The van der Waals surface area contributed by atoms with Crippen LogP contribution in [0.2, 0.25) is 31.5 Å². The molecule has 4 heteroatoms. The van der Waals surface area contributed by atoms with Gasteiger partial charge in [-0.1, -0.05) is 0 Å². The van der Waals surface area contributed by atoms with E-state index in [9.17, 15) is 0 Å². The third kappa shape index (κ3) is 12.6. The van der Waals surface area contributed by atoms with Crippen molar-refractivity contribution in [2.24, 2.45) is 0 Å². The summed E-state index contributed by atoms with van der Waals surface area (Å²) in [6.07, 6.45) is 15.8. The van der Waals surface area contributed by atoms with E-state index in [1.807, 2.05) is 0 Å². The molecule has 28 heavy (non-hydrogen) atoms. The van der Waals surface area contributed by atoms with Gasteiger partial charge in [-0.05, 0) is 0 Å². The summed E-state index contributed by atoms with van der Waals surface area (Å²) in [6, 6.07) is 0. The Morgan fingerprint density at radius 3 is 0.679 bits per heavy atom. The van der Waals surface area contributed by atoms with Crippen LogP contribution in [0.25, 0.3) is 0 Å². The van der Waals surface area contributed by atoms with Crippen molar-refractivity contribution in [3.8, 4) is 0 Å². The van der Waals surface area contributed by atoms with Gasteiger partial charge in [-0.3, -0.25) is 0 Å². The van der Waals surface area contributed by atoms with Crippen molar-refractivity contribution in [1.82, 2.24) is 0 Å². The number of unbranched alkanes of at least 4 members (excludes halogenated alkanes) is 6. The molecule has 0 aromatic heterocycles. The van der Waals surface area contributed by atoms with E-state index in [0.717, 1.165) is 0 Å². The zero-order valence-corrected chi connectivity index (χ0v) is 24.7. The van der Waals surface area contributed by atoms with E-state index < -0.39 is 27.2 Å². The van der Waals surface area contributed by atoms with Crippen molar-refractivity contribution < 1.29 is 7.83 Å². The number of hydrogen-bond donors (Lipinski definition) is 0. The Morgan fingerprint density at radius 2 is 0.536 bits per heavy atom. The van der Waals surface area contributed by atoms with Crippen LogP contribution < -0.4 is 0 Å². The van der Waals surface area contributed by atoms with Gasteiger partial charge >= 0.3 is 185 Å². The van der Waals surface area contributed by atoms with Gasteiger partial charge in [0.2, 0.25) is 0 Å². The van der Waals surface area contributed by atoms with Gasteiger partial charge in [0, 0.05) is 0 Å². The van der Waals surface area contributed by atoms with Gasteiger partial charge in [-0.25, -0.2) is 0 Å². The summed E-state index contributed by atoms with van der Waals surface area (Å²) in [5.74, 6) is 0. The molecule has 0 fully saturated rings. The van der Waals surface area contributed by atoms with Crippen molar-refractivity contribution in [2.45, 2.75) is 150 Å². The molecule has 0 aromatic carbocycles. The quantitative estimate of drug-likeness (QED) is 0.0853. The van der Waals surface area contributed by atoms with E-state index in [1.165, 1.54) is 109 Å². The summed E-state index contributed by atoms with van der Waals surface area (Å²) in [7, 11) is 0. The van der Waals surface area contributed by atoms with Crippen LogP contribution in [0.15, 0.2) is 0 Å². The first-order valence-corrected chi connectivity index (χ1v) is 23.6. The Kier molecular flexibility index (Phi) is 19.4. The van der Waals surface area contributed by atoms with Gasteiger partial charge in [0.25, 0.3) is 0 Å². The molecule has 0 spiro atoms. The average Bonchev–Trinajstić information content (AvgIpc) is 2.73. The second-order valence-corrected chi connectivity index (χ2v) is 26.1. The number of rotatable bonds is 21. The van der Waals surface area contributed by atoms with Gasteiger partial charge in [0.05, 0.1) is 0 Å². The van der Waals surface area contributed by atoms with Crippen LogP contribution in [-0.2, 0) is 7.83 Å². The molecular weight excluding hydrogens is 465 g/mol. The first-order chi connectivity index (χ1) is 13.6. The van der Waals surface area contributed by atoms with Crippen LogP contribution in [0, 0.1) is 0 Å². The van der Waals surface area contributed by atoms with Crippen molar-refractivity contribution in [1.29, 1.82) is 0 Å². The molecule has 0 aliphatic carbocycles. The molecule has 170 valence electrons. The molecule has 0 radical (unpaired) electrons. The van der Waals surface area contributed by atoms with E-state index in [-0.39, 0.29) is 0 Å². The first-order valence-electron chi connectivity index (χ1n) is 12.9. The summed E-state index contributed by atoms with van der Waals surface area (Å²) in [5.41, 5.74) is 0. The summed E-state index contributed by atoms with van der Waals surface area (Å²) in [4.78, 5) is 0. The molecule has 0 atom stereocenters. The fourth-order valence-corrected chi connectivity index (χ4v) is 25.5. The fraction of sp³-hybridized carbons (Fsp3) is 1.00. The van der Waals surface area contributed by atoms with E-state index in [2.05, 4.69) is 41.5 Å². The molecule has 0 unspecified atom stereocenters. The molecule has 0 saturated heterocycles. The minimum atomic E-state index is -2.37. The zero-order chi connectivity index (χ0) is 21.1. The van der Waals surface area contributed by atoms with E-state index >= 15 is 0 Å². The third-order valence-corrected chi connectivity index (χ3v) is 24.8. The second-order valence-electron chi connectivity index (χ2n) is 9.15. The SMILES string of the molecule is CCC[CH2][Ge]([CH2]CCC)([CH2]CCC)[O][O][Ge]([CH2]CCC)([CH2]CCC)[CH2]CCC. The molecule has 0 aromatic rings. The summed E-state index contributed by atoms with van der Waals surface area (Å²) in [5, 5.41) is 8.19. The predicted octanol–water partition coefficient (Wildman–Crippen LogP) is 9.63. The van der Waals surface area contributed by atoms with Crippen LogP contribution in [0.3, 0.4) is 0 Å². The maximum atomic E-state index is 6.86. The Hall–Kier alpha value is 1.01. The number of hydrogen-bond acceptors (Lipinski definition) is 2. The van der Waals surface area contributed by atoms with E-state index in [4.69, 9.17) is 7.83 Å². The molecule has 0 rings (SSSR count). The Bertz CT molecular complexity index is 261. The molecule has 2 nitrogen and oxygen atoms in total. The maximum absolute atomic E-state index is 6.86. The average molecular weight is 520 g/mol. The monoisotopic (exact) mass is 522 g/mol. The molecule has 0 bridgehead atoms. The standard InChI is InChI=1S/C24H54Ge2O2/c1-7-13-19-25(20-14-8-2,21-15-9-3)27-28-26(22-16-10-4,23-17-11-5)24-18-12-6/h7-24H2,1-6H3. The summed E-state index contributed by atoms with van der Waals surface area (Å²) in [6.45, 7) is 14.0. The van der Waals surface area contributed by atoms with Crippen LogP contribution in [-0.4, -0.2) is 27.2 Å². The normalized spacial score (nSPS) is 12.6. The van der Waals surface area contributed by atoms with Crippen LogP contribution in [0.4, 0.5) is 0 Å². The minimum absolute atomic E-state index is 1.29. The molecule has 0 aliphatic heterocycles. The van der Waals surface area contributed by atoms with Crippen molar-refractivity contribution in [3.05, 3.63) is 0 Å². The molecular formula is C24H54Ge2O2. The van der Waals surface area contributed by atoms with Crippen LogP contribution >= 0.6 is 0 Å². The fourth-order valence-electron chi connectivity index (χ4n) is 4.17. The van der Waals surface area contributed by atoms with E-state index in [1.54, 1.807) is 0 Å². The predicted molar refractivity (Wildman–Crippen MR) is 132 cm³/mol. The first kappa shape index (κ1) is 29.0. The molecule has 0 heterocycles. The Morgan fingerprint density at radius 1 is 0.357 bits per heavy atom. The molecule has 0 saturated carbocycles. The Balaban J connectivity index is 5.42. The molecule has 0 aliphatic rings. The van der Waals surface area contributed by atoms with Crippen LogP contribution in [0.5, 0.6) is 0 Å². The summed E-state index contributed by atoms with van der Waals surface area (Å²) < 4.78 is 13.7. The van der Waals surface area contributed by atoms with Crippen LogP contribution in [0.1, 0.15) is 119 Å². The topological polar surface area (TPSA) is 18.5 Å². The van der Waals surface area contributed by atoms with Gasteiger partial charge in [0.1, 0.15) is 0 Å². The molecule has 0 amide bonds. The molecule has 0 N–H and O–H groups in total. The zero-order valence-electron chi connectivity index (χ0n) is 20.5. The Labute approximate surface area is 184 Å². The van der Waals surface area contributed by atoms with E-state index in [0.29, 0.717) is 0 Å². The van der Waals surface area contributed by atoms with Crippen molar-refractivity contribution >= 4 is 27.2 Å². The summed E-state index contributed by atoms with van der Waals surface area (Å²) >= 11 is -4.74. The third-order valence-electron chi connectivity index (χ3n) is 6.31. The van der Waals surface area contributed by atoms with Gasteiger partial charge in [-0.15, -0.1) is 0 Å². The second kappa shape index (κ2) is 18.7. The van der Waals surface area contributed by atoms with Crippen molar-refractivity contribution in [2.75, 3.05) is 0 Å². The van der Waals surface area contributed by atoms with Crippen molar-refractivity contribution in [3.63, 3.8) is 0 Å².